The van der Waals surface area contributed by atoms with Crippen LogP contribution in [0, 0.1) is 17.3 Å². The van der Waals surface area contributed by atoms with Gasteiger partial charge in [-0.15, -0.1) is 0 Å². The van der Waals surface area contributed by atoms with Gasteiger partial charge in [0.05, 0.1) is 32.8 Å². The lowest BCUT2D eigenvalue weighted by Crippen LogP contribution is -2.40. The van der Waals surface area contributed by atoms with Crippen molar-refractivity contribution in [3.63, 3.8) is 0 Å². The van der Waals surface area contributed by atoms with E-state index in [4.69, 9.17) is 32.8 Å². The quantitative estimate of drug-likeness (QED) is 0.107. The van der Waals surface area contributed by atoms with Crippen molar-refractivity contribution in [2.24, 2.45) is 5.41 Å². The largest absolute Gasteiger partial charge is 0.497 e. The summed E-state index contributed by atoms with van der Waals surface area (Å²) < 4.78 is 40.8. The molecule has 1 aliphatic rings. The van der Waals surface area contributed by atoms with Crippen LogP contribution in [0.5, 0.6) is 28.7 Å². The third kappa shape index (κ3) is 8.78. The van der Waals surface area contributed by atoms with Gasteiger partial charge in [-0.1, -0.05) is 63.8 Å². The van der Waals surface area contributed by atoms with Crippen molar-refractivity contribution in [2.45, 2.75) is 71.1 Å². The molecule has 0 saturated carbocycles. The number of methoxy groups -OCH3 is 3. The average Bonchev–Trinajstić information content (AvgIpc) is 3.04. The van der Waals surface area contributed by atoms with Crippen LogP contribution in [-0.4, -0.2) is 56.5 Å². The number of aryl methyl sites for hydroxylation is 1. The Kier molecular flexibility index (Phi) is 12.1. The van der Waals surface area contributed by atoms with Crippen LogP contribution < -0.4 is 23.7 Å². The molecule has 3 unspecified atom stereocenters. The van der Waals surface area contributed by atoms with Gasteiger partial charge >= 0.3 is 0 Å². The smallest absolute Gasteiger partial charge is 0.205 e. The lowest BCUT2D eigenvalue weighted by atomic mass is 9.68. The Bertz CT molecular complexity index is 1490. The summed E-state index contributed by atoms with van der Waals surface area (Å²) in [7, 11) is 4.15. The second-order valence-electron chi connectivity index (χ2n) is 13.1. The number of ether oxygens (including phenoxy) is 6. The summed E-state index contributed by atoms with van der Waals surface area (Å²) in [6.07, 6.45) is 2.20. The fourth-order valence-corrected chi connectivity index (χ4v) is 6.80. The SMILES string of the molecule is COCOc1ccc2c(c1)OCC(C)(c1ccc(OC)cc1OC)C2C#CCOc1ccc(CCC(O[Si](C)C)C(C)(C)C)cc1. The minimum Gasteiger partial charge on any atom is -0.497 e. The van der Waals surface area contributed by atoms with Crippen LogP contribution in [0.25, 0.3) is 0 Å². The molecule has 7 nitrogen and oxygen atoms in total. The van der Waals surface area contributed by atoms with Gasteiger partial charge in [-0.2, -0.15) is 0 Å². The monoisotopic (exact) mass is 645 g/mol. The van der Waals surface area contributed by atoms with E-state index in [1.54, 1.807) is 21.3 Å². The fourth-order valence-electron chi connectivity index (χ4n) is 5.76. The molecular formula is C38H49O7Si. The molecule has 0 N–H and O–H groups in total. The summed E-state index contributed by atoms with van der Waals surface area (Å²) in [5, 5.41) is 0. The molecule has 46 heavy (non-hydrogen) atoms. The van der Waals surface area contributed by atoms with E-state index in [2.05, 4.69) is 64.8 Å². The first-order chi connectivity index (χ1) is 22.0. The molecule has 3 aromatic rings. The van der Waals surface area contributed by atoms with E-state index < -0.39 is 14.5 Å². The zero-order valence-electron chi connectivity index (χ0n) is 28.8. The van der Waals surface area contributed by atoms with Crippen LogP contribution in [0.1, 0.15) is 56.7 Å². The van der Waals surface area contributed by atoms with Gasteiger partial charge in [-0.3, -0.25) is 0 Å². The van der Waals surface area contributed by atoms with Crippen molar-refractivity contribution >= 4 is 9.04 Å². The van der Waals surface area contributed by atoms with Gasteiger partial charge in [0.25, 0.3) is 0 Å². The second kappa shape index (κ2) is 15.8. The Morgan fingerprint density at radius 1 is 0.913 bits per heavy atom. The second-order valence-corrected chi connectivity index (χ2v) is 15.2. The van der Waals surface area contributed by atoms with Gasteiger partial charge in [0.15, 0.2) is 6.79 Å². The van der Waals surface area contributed by atoms with E-state index in [-0.39, 0.29) is 30.8 Å². The third-order valence-corrected chi connectivity index (χ3v) is 9.10. The number of hydrogen-bond acceptors (Lipinski definition) is 7. The van der Waals surface area contributed by atoms with E-state index in [1.807, 2.05) is 48.5 Å². The predicted molar refractivity (Wildman–Crippen MR) is 184 cm³/mol. The average molecular weight is 646 g/mol. The zero-order chi connectivity index (χ0) is 33.3. The molecule has 1 aliphatic heterocycles. The molecule has 1 heterocycles. The number of hydrogen-bond donors (Lipinski definition) is 0. The zero-order valence-corrected chi connectivity index (χ0v) is 29.8. The molecule has 0 aliphatic carbocycles. The van der Waals surface area contributed by atoms with Crippen molar-refractivity contribution in [3.8, 4) is 40.6 Å². The highest BCUT2D eigenvalue weighted by Gasteiger charge is 2.44. The molecule has 3 aromatic carbocycles. The molecular weight excluding hydrogens is 596 g/mol. The maximum atomic E-state index is 6.35. The molecule has 0 aromatic heterocycles. The van der Waals surface area contributed by atoms with Crippen LogP contribution in [0.15, 0.2) is 60.7 Å². The third-order valence-electron chi connectivity index (χ3n) is 8.35. The van der Waals surface area contributed by atoms with Crippen molar-refractivity contribution in [2.75, 3.05) is 41.3 Å². The van der Waals surface area contributed by atoms with Gasteiger partial charge in [-0.05, 0) is 61.2 Å². The molecule has 0 saturated heterocycles. The lowest BCUT2D eigenvalue weighted by molar-refractivity contribution is 0.0507. The van der Waals surface area contributed by atoms with Crippen molar-refractivity contribution in [1.29, 1.82) is 0 Å². The summed E-state index contributed by atoms with van der Waals surface area (Å²) >= 11 is 0. The first kappa shape index (κ1) is 35.2. The lowest BCUT2D eigenvalue weighted by Gasteiger charge is -2.41. The van der Waals surface area contributed by atoms with Gasteiger partial charge < -0.3 is 32.8 Å². The topological polar surface area (TPSA) is 64.6 Å². The van der Waals surface area contributed by atoms with Crippen molar-refractivity contribution in [1.82, 2.24) is 0 Å². The van der Waals surface area contributed by atoms with Crippen LogP contribution in [-0.2, 0) is 21.0 Å². The van der Waals surface area contributed by atoms with Crippen LogP contribution in [0.4, 0.5) is 0 Å². The minimum atomic E-state index is -0.759. The Hall–Kier alpha value is -3.64. The summed E-state index contributed by atoms with van der Waals surface area (Å²) in [6.45, 7) is 14.1. The van der Waals surface area contributed by atoms with Gasteiger partial charge in [0, 0.05) is 35.8 Å². The van der Waals surface area contributed by atoms with Crippen molar-refractivity contribution < 1.29 is 32.8 Å². The molecule has 0 fully saturated rings. The van der Waals surface area contributed by atoms with E-state index >= 15 is 0 Å². The summed E-state index contributed by atoms with van der Waals surface area (Å²) in [4.78, 5) is 0. The van der Waals surface area contributed by atoms with E-state index in [0.29, 0.717) is 12.4 Å². The van der Waals surface area contributed by atoms with E-state index in [9.17, 15) is 0 Å². The molecule has 3 atom stereocenters. The van der Waals surface area contributed by atoms with Crippen molar-refractivity contribution in [3.05, 3.63) is 77.4 Å². The van der Waals surface area contributed by atoms with E-state index in [1.165, 1.54) is 5.56 Å². The first-order valence-corrected chi connectivity index (χ1v) is 18.2. The van der Waals surface area contributed by atoms with Gasteiger partial charge in [0.2, 0.25) is 9.04 Å². The number of benzene rings is 3. The number of rotatable bonds is 13. The molecule has 0 bridgehead atoms. The molecule has 1 radical (unpaired) electrons. The molecule has 8 heteroatoms. The summed E-state index contributed by atoms with van der Waals surface area (Å²) in [5.74, 6) is 10.3. The first-order valence-electron chi connectivity index (χ1n) is 15.8. The Morgan fingerprint density at radius 3 is 2.28 bits per heavy atom. The highest BCUT2D eigenvalue weighted by molar-refractivity contribution is 6.48. The normalized spacial score (nSPS) is 18.1. The number of fused-ring (bicyclic) bond motifs is 1. The molecule has 247 valence electrons. The maximum absolute atomic E-state index is 6.35. The highest BCUT2D eigenvalue weighted by atomic mass is 28.3. The molecule has 0 spiro atoms. The Morgan fingerprint density at radius 2 is 1.63 bits per heavy atom. The highest BCUT2D eigenvalue weighted by Crippen LogP contribution is 2.50. The molecule has 0 amide bonds. The minimum absolute atomic E-state index is 0.114. The summed E-state index contributed by atoms with van der Waals surface area (Å²) in [6, 6.07) is 20.0. The standard InChI is InChI=1S/C38H49O7Si/c1-37(2,3)36(45-46(8)9)21-14-27-12-15-28(16-13-27)42-22-10-11-32-31-19-17-30(44-26-39-5)24-34(31)43-25-38(32,4)33-20-18-29(40-6)23-35(33)41-7/h12-13,15-20,23-24,32,36H,14,21-22,25-26H2,1-9H3. The summed E-state index contributed by atoms with van der Waals surface area (Å²) in [5.41, 5.74) is 2.84. The van der Waals surface area contributed by atoms with Crippen LogP contribution in [0.3, 0.4) is 0 Å². The van der Waals surface area contributed by atoms with E-state index in [0.717, 1.165) is 47.0 Å². The Balaban J connectivity index is 1.52. The van der Waals surface area contributed by atoms with Crippen LogP contribution >= 0.6 is 0 Å². The fraction of sp³-hybridized carbons (Fsp3) is 0.474. The van der Waals surface area contributed by atoms with Gasteiger partial charge in [0.1, 0.15) is 35.4 Å². The maximum Gasteiger partial charge on any atom is 0.205 e. The van der Waals surface area contributed by atoms with Crippen LogP contribution in [0.2, 0.25) is 13.1 Å². The Labute approximate surface area is 277 Å². The predicted octanol–water partition coefficient (Wildman–Crippen LogP) is 7.82. The van der Waals surface area contributed by atoms with Gasteiger partial charge in [-0.25, -0.2) is 0 Å². The molecule has 4 rings (SSSR count).